The van der Waals surface area contributed by atoms with Crippen molar-refractivity contribution in [1.82, 2.24) is 9.80 Å². The zero-order chi connectivity index (χ0) is 11.4. The third kappa shape index (κ3) is 3.18. The number of nitrogens with zero attached hydrogens (tertiary/aromatic N) is 2. The number of carbonyl (C=O) groups excluding carboxylic acids is 1. The van der Waals surface area contributed by atoms with Crippen LogP contribution in [-0.2, 0) is 9.53 Å². The molecule has 0 N–H and O–H groups in total. The summed E-state index contributed by atoms with van der Waals surface area (Å²) in [5.74, 6) is 0.186. The van der Waals surface area contributed by atoms with Gasteiger partial charge in [-0.1, -0.05) is 0 Å². The first kappa shape index (κ1) is 12.5. The van der Waals surface area contributed by atoms with Crippen molar-refractivity contribution >= 4 is 5.91 Å². The van der Waals surface area contributed by atoms with E-state index in [1.165, 1.54) is 0 Å². The van der Waals surface area contributed by atoms with Crippen LogP contribution in [0.15, 0.2) is 0 Å². The predicted molar refractivity (Wildman–Crippen MR) is 59.8 cm³/mol. The van der Waals surface area contributed by atoms with Crippen LogP contribution in [0.25, 0.3) is 0 Å². The van der Waals surface area contributed by atoms with Crippen LogP contribution in [0.2, 0.25) is 0 Å². The SMILES string of the molecule is COC1CCN(C(C)C(=O)N(C)C)CC1. The van der Waals surface area contributed by atoms with Gasteiger partial charge in [-0.2, -0.15) is 0 Å². The highest BCUT2D eigenvalue weighted by Crippen LogP contribution is 2.15. The molecule has 88 valence electrons. The van der Waals surface area contributed by atoms with Gasteiger partial charge in [-0.25, -0.2) is 0 Å². The van der Waals surface area contributed by atoms with Gasteiger partial charge in [0.05, 0.1) is 12.1 Å². The first-order valence-corrected chi connectivity index (χ1v) is 5.54. The van der Waals surface area contributed by atoms with Gasteiger partial charge >= 0.3 is 0 Å². The summed E-state index contributed by atoms with van der Waals surface area (Å²) in [5.41, 5.74) is 0. The van der Waals surface area contributed by atoms with Gasteiger partial charge in [-0.3, -0.25) is 9.69 Å². The van der Waals surface area contributed by atoms with E-state index in [4.69, 9.17) is 4.74 Å². The van der Waals surface area contributed by atoms with Crippen molar-refractivity contribution in [1.29, 1.82) is 0 Å². The molecule has 0 bridgehead atoms. The van der Waals surface area contributed by atoms with Crippen LogP contribution in [0.1, 0.15) is 19.8 Å². The molecule has 1 unspecified atom stereocenters. The van der Waals surface area contributed by atoms with Crippen LogP contribution in [0.3, 0.4) is 0 Å². The molecule has 15 heavy (non-hydrogen) atoms. The summed E-state index contributed by atoms with van der Waals surface area (Å²) in [4.78, 5) is 15.6. The summed E-state index contributed by atoms with van der Waals surface area (Å²) in [6, 6.07) is -0.00203. The number of hydrogen-bond donors (Lipinski definition) is 0. The van der Waals surface area contributed by atoms with E-state index in [0.717, 1.165) is 25.9 Å². The van der Waals surface area contributed by atoms with Gasteiger partial charge < -0.3 is 9.64 Å². The van der Waals surface area contributed by atoms with Crippen molar-refractivity contribution in [2.75, 3.05) is 34.3 Å². The quantitative estimate of drug-likeness (QED) is 0.689. The molecule has 4 nitrogen and oxygen atoms in total. The fourth-order valence-corrected chi connectivity index (χ4v) is 2.03. The lowest BCUT2D eigenvalue weighted by Crippen LogP contribution is -2.48. The molecule has 1 atom stereocenters. The van der Waals surface area contributed by atoms with Crippen molar-refractivity contribution in [2.45, 2.75) is 31.9 Å². The third-order valence-corrected chi connectivity index (χ3v) is 3.16. The number of likely N-dealkylation sites (tertiary alicyclic amines) is 1. The lowest BCUT2D eigenvalue weighted by molar-refractivity contribution is -0.134. The van der Waals surface area contributed by atoms with Crippen LogP contribution in [0.4, 0.5) is 0 Å². The van der Waals surface area contributed by atoms with E-state index in [2.05, 4.69) is 4.90 Å². The number of hydrogen-bond acceptors (Lipinski definition) is 3. The van der Waals surface area contributed by atoms with Crippen LogP contribution in [-0.4, -0.2) is 62.1 Å². The summed E-state index contributed by atoms with van der Waals surface area (Å²) in [5, 5.41) is 0. The van der Waals surface area contributed by atoms with E-state index in [0.29, 0.717) is 6.10 Å². The Morgan fingerprint density at radius 2 is 1.93 bits per heavy atom. The Bertz CT molecular complexity index is 211. The fraction of sp³-hybridized carbons (Fsp3) is 0.909. The van der Waals surface area contributed by atoms with Crippen LogP contribution < -0.4 is 0 Å². The number of carbonyl (C=O) groups is 1. The predicted octanol–water partition coefficient (Wildman–Crippen LogP) is 0.574. The van der Waals surface area contributed by atoms with Crippen LogP contribution in [0, 0.1) is 0 Å². The molecule has 0 aromatic carbocycles. The first-order chi connectivity index (χ1) is 7.06. The maximum atomic E-state index is 11.7. The minimum absolute atomic E-state index is 0.00203. The summed E-state index contributed by atoms with van der Waals surface area (Å²) >= 11 is 0. The Kier molecular flexibility index (Phi) is 4.54. The molecule has 1 saturated heterocycles. The van der Waals surface area contributed by atoms with Gasteiger partial charge in [0.2, 0.25) is 5.91 Å². The summed E-state index contributed by atoms with van der Waals surface area (Å²) in [6.45, 7) is 3.90. The minimum atomic E-state index is -0.00203. The molecule has 4 heteroatoms. The molecule has 0 aromatic rings. The van der Waals surface area contributed by atoms with E-state index in [1.807, 2.05) is 6.92 Å². The maximum absolute atomic E-state index is 11.7. The number of rotatable bonds is 3. The molecule has 1 aliphatic rings. The molecular weight excluding hydrogens is 192 g/mol. The number of piperidine rings is 1. The van der Waals surface area contributed by atoms with Gasteiger partial charge in [0, 0.05) is 34.3 Å². The molecular formula is C11H22N2O2. The number of methoxy groups -OCH3 is 1. The Hall–Kier alpha value is -0.610. The smallest absolute Gasteiger partial charge is 0.239 e. The van der Waals surface area contributed by atoms with Crippen molar-refractivity contribution in [3.8, 4) is 0 Å². The van der Waals surface area contributed by atoms with Gasteiger partial charge in [0.25, 0.3) is 0 Å². The Balaban J connectivity index is 2.42. The van der Waals surface area contributed by atoms with Gasteiger partial charge in [-0.15, -0.1) is 0 Å². The van der Waals surface area contributed by atoms with Gasteiger partial charge in [-0.05, 0) is 19.8 Å². The maximum Gasteiger partial charge on any atom is 0.239 e. The van der Waals surface area contributed by atoms with Crippen molar-refractivity contribution in [3.63, 3.8) is 0 Å². The standard InChI is InChI=1S/C11H22N2O2/c1-9(11(14)12(2)3)13-7-5-10(15-4)6-8-13/h9-10H,5-8H2,1-4H3. The summed E-state index contributed by atoms with van der Waals surface area (Å²) in [6.07, 6.45) is 2.44. The monoisotopic (exact) mass is 214 g/mol. The minimum Gasteiger partial charge on any atom is -0.381 e. The van der Waals surface area contributed by atoms with E-state index in [9.17, 15) is 4.79 Å². The van der Waals surface area contributed by atoms with Crippen molar-refractivity contribution in [2.24, 2.45) is 0 Å². The largest absolute Gasteiger partial charge is 0.381 e. The number of likely N-dealkylation sites (N-methyl/N-ethyl adjacent to an activating group) is 1. The Labute approximate surface area is 92.2 Å². The van der Waals surface area contributed by atoms with E-state index in [1.54, 1.807) is 26.1 Å². The molecule has 1 heterocycles. The lowest BCUT2D eigenvalue weighted by Gasteiger charge is -2.35. The molecule has 1 amide bonds. The van der Waals surface area contributed by atoms with E-state index in [-0.39, 0.29) is 11.9 Å². The highest BCUT2D eigenvalue weighted by molar-refractivity contribution is 5.80. The zero-order valence-corrected chi connectivity index (χ0v) is 10.2. The topological polar surface area (TPSA) is 32.8 Å². The second kappa shape index (κ2) is 5.47. The Morgan fingerprint density at radius 3 is 2.33 bits per heavy atom. The first-order valence-electron chi connectivity index (χ1n) is 5.54. The zero-order valence-electron chi connectivity index (χ0n) is 10.2. The lowest BCUT2D eigenvalue weighted by atomic mass is 10.1. The highest BCUT2D eigenvalue weighted by Gasteiger charge is 2.27. The highest BCUT2D eigenvalue weighted by atomic mass is 16.5. The molecule has 0 saturated carbocycles. The van der Waals surface area contributed by atoms with E-state index < -0.39 is 0 Å². The molecule has 0 radical (unpaired) electrons. The normalized spacial score (nSPS) is 21.3. The van der Waals surface area contributed by atoms with Crippen molar-refractivity contribution < 1.29 is 9.53 Å². The van der Waals surface area contributed by atoms with Gasteiger partial charge in [0.15, 0.2) is 0 Å². The number of amides is 1. The molecule has 0 aliphatic carbocycles. The number of ether oxygens (including phenoxy) is 1. The third-order valence-electron chi connectivity index (χ3n) is 3.16. The summed E-state index contributed by atoms with van der Waals surface area (Å²) in [7, 11) is 5.37. The van der Waals surface area contributed by atoms with Crippen LogP contribution >= 0.6 is 0 Å². The van der Waals surface area contributed by atoms with Crippen molar-refractivity contribution in [3.05, 3.63) is 0 Å². The average Bonchev–Trinajstić information content (AvgIpc) is 2.27. The molecule has 0 aromatic heterocycles. The van der Waals surface area contributed by atoms with Crippen LogP contribution in [0.5, 0.6) is 0 Å². The molecule has 1 fully saturated rings. The fourth-order valence-electron chi connectivity index (χ4n) is 2.03. The second-order valence-electron chi connectivity index (χ2n) is 4.38. The average molecular weight is 214 g/mol. The Morgan fingerprint density at radius 1 is 1.40 bits per heavy atom. The van der Waals surface area contributed by atoms with Gasteiger partial charge in [0.1, 0.15) is 0 Å². The molecule has 1 rings (SSSR count). The second-order valence-corrected chi connectivity index (χ2v) is 4.38. The molecule has 0 spiro atoms. The molecule has 1 aliphatic heterocycles. The summed E-state index contributed by atoms with van der Waals surface area (Å²) < 4.78 is 5.31. The van der Waals surface area contributed by atoms with E-state index >= 15 is 0 Å².